The predicted octanol–water partition coefficient (Wildman–Crippen LogP) is 3.45. The van der Waals surface area contributed by atoms with E-state index in [4.69, 9.17) is 20.2 Å². The van der Waals surface area contributed by atoms with E-state index in [0.29, 0.717) is 25.0 Å². The maximum absolute atomic E-state index is 15.0. The molecule has 3 rings (SSSR count). The SMILES string of the molecule is CO[C@H]1CC[C@]2(c3cc([N+](=O)[O-])ccc3F)N=C(NC(=O)OC(C)(C)C)SC[C@]2(N)C1. The average molecular weight is 455 g/mol. The number of ether oxygens (including phenoxy) is 2. The molecular formula is C20H27FN4O5S. The lowest BCUT2D eigenvalue weighted by Crippen LogP contribution is -2.66. The number of nitrogens with zero attached hydrogens (tertiary/aromatic N) is 2. The Balaban J connectivity index is 2.09. The normalized spacial score (nSPS) is 28.3. The number of rotatable bonds is 3. The highest BCUT2D eigenvalue weighted by Gasteiger charge is 2.57. The third-order valence-corrected chi connectivity index (χ3v) is 6.68. The Kier molecular flexibility index (Phi) is 6.32. The second-order valence-electron chi connectivity index (χ2n) is 8.87. The minimum Gasteiger partial charge on any atom is -0.444 e. The van der Waals surface area contributed by atoms with Gasteiger partial charge in [-0.2, -0.15) is 0 Å². The zero-order valence-electron chi connectivity index (χ0n) is 17.9. The molecule has 0 bridgehead atoms. The van der Waals surface area contributed by atoms with Crippen LogP contribution in [-0.2, 0) is 15.0 Å². The van der Waals surface area contributed by atoms with Gasteiger partial charge in [0.15, 0.2) is 5.17 Å². The zero-order valence-corrected chi connectivity index (χ0v) is 18.8. The van der Waals surface area contributed by atoms with E-state index < -0.39 is 33.5 Å². The summed E-state index contributed by atoms with van der Waals surface area (Å²) in [5, 5.41) is 14.2. The fourth-order valence-corrected chi connectivity index (χ4v) is 5.23. The number of amidine groups is 1. The Hall–Kier alpha value is -2.24. The van der Waals surface area contributed by atoms with E-state index >= 15 is 4.39 Å². The van der Waals surface area contributed by atoms with Crippen LogP contribution in [0.15, 0.2) is 23.2 Å². The fourth-order valence-electron chi connectivity index (χ4n) is 4.11. The van der Waals surface area contributed by atoms with Crippen LogP contribution in [0.2, 0.25) is 0 Å². The first-order valence-electron chi connectivity index (χ1n) is 9.88. The molecule has 3 atom stereocenters. The number of non-ortho nitro benzene ring substituents is 1. The molecule has 1 aromatic carbocycles. The molecular weight excluding hydrogens is 427 g/mol. The third kappa shape index (κ3) is 4.68. The molecule has 0 spiro atoms. The first kappa shape index (κ1) is 23.4. The number of carbonyl (C=O) groups excluding carboxylic acids is 1. The van der Waals surface area contributed by atoms with Crippen molar-refractivity contribution in [3.8, 4) is 0 Å². The molecule has 9 nitrogen and oxygen atoms in total. The molecule has 1 aliphatic carbocycles. The number of nitro benzene ring substituents is 1. The molecule has 170 valence electrons. The summed E-state index contributed by atoms with van der Waals surface area (Å²) < 4.78 is 25.8. The van der Waals surface area contributed by atoms with Crippen molar-refractivity contribution in [3.05, 3.63) is 39.7 Å². The molecule has 11 heteroatoms. The summed E-state index contributed by atoms with van der Waals surface area (Å²) in [6.07, 6.45) is 0.396. The highest BCUT2D eigenvalue weighted by atomic mass is 32.2. The Bertz CT molecular complexity index is 921. The maximum Gasteiger partial charge on any atom is 0.413 e. The van der Waals surface area contributed by atoms with Gasteiger partial charge >= 0.3 is 6.09 Å². The Morgan fingerprint density at radius 2 is 2.16 bits per heavy atom. The first-order valence-corrected chi connectivity index (χ1v) is 10.9. The van der Waals surface area contributed by atoms with Crippen molar-refractivity contribution in [2.24, 2.45) is 10.7 Å². The number of hydrogen-bond acceptors (Lipinski definition) is 8. The minimum atomic E-state index is -1.30. The first-order chi connectivity index (χ1) is 14.4. The molecule has 1 aliphatic heterocycles. The van der Waals surface area contributed by atoms with Gasteiger partial charge in [-0.3, -0.25) is 15.4 Å². The fraction of sp³-hybridized carbons (Fsp3) is 0.600. The minimum absolute atomic E-state index is 0.0440. The second-order valence-corrected chi connectivity index (χ2v) is 9.83. The van der Waals surface area contributed by atoms with E-state index in [1.807, 2.05) is 0 Å². The number of alkyl carbamates (subject to hydrolysis) is 1. The lowest BCUT2D eigenvalue weighted by molar-refractivity contribution is -0.385. The summed E-state index contributed by atoms with van der Waals surface area (Å²) in [6.45, 7) is 5.21. The summed E-state index contributed by atoms with van der Waals surface area (Å²) in [4.78, 5) is 27.7. The zero-order chi connectivity index (χ0) is 23.0. The van der Waals surface area contributed by atoms with Crippen LogP contribution in [0.4, 0.5) is 14.9 Å². The number of benzene rings is 1. The van der Waals surface area contributed by atoms with E-state index in [1.54, 1.807) is 27.9 Å². The number of halogens is 1. The number of hydrogen-bond donors (Lipinski definition) is 2. The molecule has 1 saturated carbocycles. The van der Waals surface area contributed by atoms with Crippen molar-refractivity contribution >= 4 is 28.7 Å². The summed E-state index contributed by atoms with van der Waals surface area (Å²) in [5.74, 6) is -0.326. The van der Waals surface area contributed by atoms with Crippen molar-refractivity contribution in [3.63, 3.8) is 0 Å². The summed E-state index contributed by atoms with van der Waals surface area (Å²) in [6, 6.07) is 3.35. The van der Waals surface area contributed by atoms with E-state index in [0.717, 1.165) is 12.1 Å². The predicted molar refractivity (Wildman–Crippen MR) is 116 cm³/mol. The van der Waals surface area contributed by atoms with Crippen LogP contribution in [0, 0.1) is 15.9 Å². The van der Waals surface area contributed by atoms with Crippen LogP contribution in [0.1, 0.15) is 45.6 Å². The van der Waals surface area contributed by atoms with Crippen molar-refractivity contribution in [1.82, 2.24) is 5.32 Å². The van der Waals surface area contributed by atoms with Gasteiger partial charge in [-0.15, -0.1) is 0 Å². The van der Waals surface area contributed by atoms with Crippen molar-refractivity contribution in [2.75, 3.05) is 12.9 Å². The molecule has 1 aromatic rings. The van der Waals surface area contributed by atoms with Crippen LogP contribution in [-0.4, -0.2) is 46.3 Å². The summed E-state index contributed by atoms with van der Waals surface area (Å²) in [5.41, 5.74) is 3.55. The van der Waals surface area contributed by atoms with E-state index in [9.17, 15) is 14.9 Å². The van der Waals surface area contributed by atoms with Gasteiger partial charge in [-0.05, 0) is 46.1 Å². The number of thioether (sulfide) groups is 1. The number of fused-ring (bicyclic) bond motifs is 1. The largest absolute Gasteiger partial charge is 0.444 e. The van der Waals surface area contributed by atoms with Crippen molar-refractivity contribution in [2.45, 2.75) is 62.8 Å². The monoisotopic (exact) mass is 454 g/mol. The van der Waals surface area contributed by atoms with Gasteiger partial charge in [0.25, 0.3) is 5.69 Å². The van der Waals surface area contributed by atoms with Gasteiger partial charge in [0.2, 0.25) is 0 Å². The number of nitro groups is 1. The molecule has 0 unspecified atom stereocenters. The third-order valence-electron chi connectivity index (χ3n) is 5.55. The Labute approximate surface area is 184 Å². The molecule has 1 amide bonds. The summed E-state index contributed by atoms with van der Waals surface area (Å²) in [7, 11) is 1.59. The number of carbonyl (C=O) groups is 1. The second kappa shape index (κ2) is 8.36. The maximum atomic E-state index is 15.0. The smallest absolute Gasteiger partial charge is 0.413 e. The van der Waals surface area contributed by atoms with Crippen LogP contribution in [0.5, 0.6) is 0 Å². The highest BCUT2D eigenvalue weighted by Crippen LogP contribution is 2.52. The van der Waals surface area contributed by atoms with E-state index in [-0.39, 0.29) is 22.5 Å². The standard InChI is InChI=1S/C20H27FN4O5S/c1-18(2,3)30-17(26)23-16-24-20(14-9-12(25(27)28)5-6-15(14)21)8-7-13(29-4)10-19(20,22)11-31-16/h5-6,9,13H,7-8,10-11,22H2,1-4H3,(H,23,24,26)/t13-,19+,20+/m0/s1. The molecule has 1 fully saturated rings. The number of methoxy groups -OCH3 is 1. The summed E-state index contributed by atoms with van der Waals surface area (Å²) >= 11 is 1.23. The van der Waals surface area contributed by atoms with Crippen LogP contribution in [0.25, 0.3) is 0 Å². The Morgan fingerprint density at radius 3 is 2.77 bits per heavy atom. The number of nitrogens with one attached hydrogen (secondary N) is 1. The molecule has 3 N–H and O–H groups in total. The lowest BCUT2D eigenvalue weighted by Gasteiger charge is -2.53. The van der Waals surface area contributed by atoms with Crippen LogP contribution < -0.4 is 11.1 Å². The number of aliphatic imine (C=N–C) groups is 1. The van der Waals surface area contributed by atoms with Gasteiger partial charge in [-0.1, -0.05) is 11.8 Å². The molecule has 0 aromatic heterocycles. The topological polar surface area (TPSA) is 129 Å². The van der Waals surface area contributed by atoms with Gasteiger partial charge in [-0.25, -0.2) is 14.2 Å². The Morgan fingerprint density at radius 1 is 1.45 bits per heavy atom. The average Bonchev–Trinajstić information content (AvgIpc) is 2.66. The van der Waals surface area contributed by atoms with Crippen molar-refractivity contribution < 1.29 is 23.6 Å². The molecule has 0 radical (unpaired) electrons. The number of amides is 1. The molecule has 31 heavy (non-hydrogen) atoms. The van der Waals surface area contributed by atoms with Crippen LogP contribution >= 0.6 is 11.8 Å². The lowest BCUT2D eigenvalue weighted by atomic mass is 9.64. The highest BCUT2D eigenvalue weighted by molar-refractivity contribution is 8.14. The molecule has 2 aliphatic rings. The van der Waals surface area contributed by atoms with Crippen LogP contribution in [0.3, 0.4) is 0 Å². The van der Waals surface area contributed by atoms with Gasteiger partial charge in [0, 0.05) is 30.6 Å². The number of nitrogens with two attached hydrogens (primary N) is 1. The quantitative estimate of drug-likeness (QED) is 0.528. The molecule has 1 heterocycles. The molecule has 0 saturated heterocycles. The van der Waals surface area contributed by atoms with Gasteiger partial charge < -0.3 is 15.2 Å². The van der Waals surface area contributed by atoms with E-state index in [1.165, 1.54) is 17.8 Å². The van der Waals surface area contributed by atoms with Crippen molar-refractivity contribution in [1.29, 1.82) is 0 Å². The van der Waals surface area contributed by atoms with Gasteiger partial charge in [0.1, 0.15) is 17.0 Å². The van der Waals surface area contributed by atoms with E-state index in [2.05, 4.69) is 5.32 Å². The van der Waals surface area contributed by atoms with Gasteiger partial charge in [0.05, 0.1) is 16.6 Å².